The summed E-state index contributed by atoms with van der Waals surface area (Å²) in [6, 6.07) is 11.2. The van der Waals surface area contributed by atoms with Crippen LogP contribution in [0.15, 0.2) is 42.5 Å². The molecule has 0 unspecified atom stereocenters. The molecule has 0 aliphatic carbocycles. The van der Waals surface area contributed by atoms with Crippen LogP contribution in [0.25, 0.3) is 0 Å². The summed E-state index contributed by atoms with van der Waals surface area (Å²) in [5, 5.41) is 19.9. The number of carbonyl (C=O) groups excluding carboxylic acids is 1. The zero-order chi connectivity index (χ0) is 15.4. The zero-order valence-corrected chi connectivity index (χ0v) is 10.6. The fourth-order valence-electron chi connectivity index (χ4n) is 1.70. The van der Waals surface area contributed by atoms with E-state index in [9.17, 15) is 14.0 Å². The van der Waals surface area contributed by atoms with Gasteiger partial charge in [-0.05, 0) is 36.4 Å². The number of carboxylic acid groups (broad SMARTS) is 1. The van der Waals surface area contributed by atoms with Crippen LogP contribution in [-0.4, -0.2) is 17.0 Å². The van der Waals surface area contributed by atoms with Gasteiger partial charge in [0.05, 0.1) is 17.2 Å². The number of carboxylic acids is 1. The van der Waals surface area contributed by atoms with E-state index in [1.54, 1.807) is 12.1 Å². The van der Waals surface area contributed by atoms with Crippen molar-refractivity contribution in [3.8, 4) is 6.07 Å². The van der Waals surface area contributed by atoms with Gasteiger partial charge >= 0.3 is 5.97 Å². The number of rotatable bonds is 3. The Morgan fingerprint density at radius 1 is 1.19 bits per heavy atom. The van der Waals surface area contributed by atoms with E-state index in [4.69, 9.17) is 10.4 Å². The summed E-state index contributed by atoms with van der Waals surface area (Å²) in [7, 11) is 0. The first kappa shape index (κ1) is 14.2. The van der Waals surface area contributed by atoms with Crippen molar-refractivity contribution in [2.24, 2.45) is 0 Å². The molecule has 0 saturated carbocycles. The van der Waals surface area contributed by atoms with Gasteiger partial charge in [0.2, 0.25) is 0 Å². The molecular weight excluding hydrogens is 275 g/mol. The highest BCUT2D eigenvalue weighted by atomic mass is 19.1. The molecule has 0 bridgehead atoms. The van der Waals surface area contributed by atoms with Crippen molar-refractivity contribution in [1.29, 1.82) is 5.26 Å². The lowest BCUT2D eigenvalue weighted by molar-refractivity contribution is 0.0692. The molecule has 2 N–H and O–H groups in total. The minimum atomic E-state index is -1.38. The standard InChI is InChI=1S/C15H9FN2O3/c16-13-7-11(4-5-12(13)15(20)21)18-14(19)10-3-1-2-9(6-10)8-17/h1-7H,(H,18,19)(H,20,21). The third-order valence-corrected chi connectivity index (χ3v) is 2.71. The average Bonchev–Trinajstić information content (AvgIpc) is 2.47. The Kier molecular flexibility index (Phi) is 3.95. The van der Waals surface area contributed by atoms with Crippen molar-refractivity contribution >= 4 is 17.6 Å². The predicted molar refractivity (Wildman–Crippen MR) is 72.5 cm³/mol. The monoisotopic (exact) mass is 284 g/mol. The topological polar surface area (TPSA) is 90.2 Å². The maximum atomic E-state index is 13.5. The highest BCUT2D eigenvalue weighted by Crippen LogP contribution is 2.16. The van der Waals surface area contributed by atoms with Crippen LogP contribution < -0.4 is 5.32 Å². The quantitative estimate of drug-likeness (QED) is 0.906. The van der Waals surface area contributed by atoms with Crippen molar-refractivity contribution in [2.45, 2.75) is 0 Å². The average molecular weight is 284 g/mol. The van der Waals surface area contributed by atoms with Crippen LogP contribution in [0.4, 0.5) is 10.1 Å². The fraction of sp³-hybridized carbons (Fsp3) is 0. The summed E-state index contributed by atoms with van der Waals surface area (Å²) < 4.78 is 13.5. The number of carbonyl (C=O) groups is 2. The normalized spacial score (nSPS) is 9.71. The van der Waals surface area contributed by atoms with Gasteiger partial charge in [0.15, 0.2) is 0 Å². The van der Waals surface area contributed by atoms with Gasteiger partial charge < -0.3 is 10.4 Å². The van der Waals surface area contributed by atoms with E-state index in [0.717, 1.165) is 12.1 Å². The number of nitrogens with one attached hydrogen (secondary N) is 1. The molecule has 0 atom stereocenters. The van der Waals surface area contributed by atoms with E-state index in [1.165, 1.54) is 18.2 Å². The van der Waals surface area contributed by atoms with Crippen LogP contribution in [0.3, 0.4) is 0 Å². The van der Waals surface area contributed by atoms with Crippen LogP contribution in [0.2, 0.25) is 0 Å². The largest absolute Gasteiger partial charge is 0.478 e. The number of aromatic carboxylic acids is 1. The van der Waals surface area contributed by atoms with E-state index < -0.39 is 23.3 Å². The number of benzene rings is 2. The Balaban J connectivity index is 2.22. The van der Waals surface area contributed by atoms with E-state index in [2.05, 4.69) is 5.32 Å². The SMILES string of the molecule is N#Cc1cccc(C(=O)Nc2ccc(C(=O)O)c(F)c2)c1. The van der Waals surface area contributed by atoms with Gasteiger partial charge in [-0.15, -0.1) is 0 Å². The highest BCUT2D eigenvalue weighted by Gasteiger charge is 2.12. The molecule has 2 rings (SSSR count). The molecule has 0 fully saturated rings. The van der Waals surface area contributed by atoms with Gasteiger partial charge in [0.1, 0.15) is 5.82 Å². The van der Waals surface area contributed by atoms with Gasteiger partial charge in [0.25, 0.3) is 5.91 Å². The molecule has 0 spiro atoms. The van der Waals surface area contributed by atoms with Gasteiger partial charge in [-0.3, -0.25) is 4.79 Å². The fourth-order valence-corrected chi connectivity index (χ4v) is 1.70. The molecule has 2 aromatic rings. The molecule has 1 amide bonds. The highest BCUT2D eigenvalue weighted by molar-refractivity contribution is 6.04. The molecule has 21 heavy (non-hydrogen) atoms. The Bertz CT molecular complexity index is 766. The van der Waals surface area contributed by atoms with E-state index in [1.807, 2.05) is 6.07 Å². The maximum Gasteiger partial charge on any atom is 0.338 e. The molecule has 0 aliphatic rings. The maximum absolute atomic E-state index is 13.5. The summed E-state index contributed by atoms with van der Waals surface area (Å²) in [6.07, 6.45) is 0. The van der Waals surface area contributed by atoms with Crippen LogP contribution in [0, 0.1) is 17.1 Å². The molecule has 104 valence electrons. The Labute approximate surface area is 119 Å². The van der Waals surface area contributed by atoms with E-state index in [0.29, 0.717) is 5.56 Å². The summed E-state index contributed by atoms with van der Waals surface area (Å²) >= 11 is 0. The van der Waals surface area contributed by atoms with Gasteiger partial charge in [-0.2, -0.15) is 5.26 Å². The van der Waals surface area contributed by atoms with Crippen molar-refractivity contribution in [3.05, 3.63) is 65.0 Å². The van der Waals surface area contributed by atoms with Crippen molar-refractivity contribution in [1.82, 2.24) is 0 Å². The zero-order valence-electron chi connectivity index (χ0n) is 10.6. The second-order valence-electron chi connectivity index (χ2n) is 4.15. The smallest absolute Gasteiger partial charge is 0.338 e. The first-order valence-corrected chi connectivity index (χ1v) is 5.85. The van der Waals surface area contributed by atoms with Crippen molar-refractivity contribution in [2.75, 3.05) is 5.32 Å². The number of halogens is 1. The number of amides is 1. The van der Waals surface area contributed by atoms with Crippen LogP contribution in [0.1, 0.15) is 26.3 Å². The number of nitrogens with zero attached hydrogens (tertiary/aromatic N) is 1. The molecule has 0 radical (unpaired) electrons. The van der Waals surface area contributed by atoms with E-state index in [-0.39, 0.29) is 11.3 Å². The van der Waals surface area contributed by atoms with Gasteiger partial charge in [0, 0.05) is 11.3 Å². The summed E-state index contributed by atoms with van der Waals surface area (Å²) in [4.78, 5) is 22.6. The molecule has 0 aliphatic heterocycles. The Hall–Kier alpha value is -3.20. The molecule has 5 nitrogen and oxygen atoms in total. The minimum absolute atomic E-state index is 0.130. The van der Waals surface area contributed by atoms with Crippen molar-refractivity contribution in [3.63, 3.8) is 0 Å². The summed E-state index contributed by atoms with van der Waals surface area (Å²) in [6.45, 7) is 0. The van der Waals surface area contributed by atoms with Gasteiger partial charge in [-0.25, -0.2) is 9.18 Å². The molecule has 6 heteroatoms. The van der Waals surface area contributed by atoms with Gasteiger partial charge in [-0.1, -0.05) is 6.07 Å². The summed E-state index contributed by atoms with van der Waals surface area (Å²) in [5.74, 6) is -2.84. The van der Waals surface area contributed by atoms with Crippen LogP contribution >= 0.6 is 0 Å². The second kappa shape index (κ2) is 5.84. The Morgan fingerprint density at radius 2 is 1.95 bits per heavy atom. The number of nitriles is 1. The number of hydrogen-bond donors (Lipinski definition) is 2. The first-order valence-electron chi connectivity index (χ1n) is 5.85. The second-order valence-corrected chi connectivity index (χ2v) is 4.15. The van der Waals surface area contributed by atoms with E-state index >= 15 is 0 Å². The van der Waals surface area contributed by atoms with Crippen LogP contribution in [-0.2, 0) is 0 Å². The lowest BCUT2D eigenvalue weighted by atomic mass is 10.1. The first-order chi connectivity index (χ1) is 10.0. The molecule has 2 aromatic carbocycles. The number of anilines is 1. The summed E-state index contributed by atoms with van der Waals surface area (Å²) in [5.41, 5.74) is 0.233. The molecular formula is C15H9FN2O3. The lowest BCUT2D eigenvalue weighted by Gasteiger charge is -2.06. The molecule has 0 heterocycles. The lowest BCUT2D eigenvalue weighted by Crippen LogP contribution is -2.12. The third-order valence-electron chi connectivity index (χ3n) is 2.71. The van der Waals surface area contributed by atoms with Crippen molar-refractivity contribution < 1.29 is 19.1 Å². The molecule has 0 aromatic heterocycles. The number of hydrogen-bond acceptors (Lipinski definition) is 3. The predicted octanol–water partition coefficient (Wildman–Crippen LogP) is 2.65. The third kappa shape index (κ3) is 3.22. The Morgan fingerprint density at radius 3 is 2.57 bits per heavy atom. The molecule has 0 saturated heterocycles. The van der Waals surface area contributed by atoms with Crippen LogP contribution in [0.5, 0.6) is 0 Å². The minimum Gasteiger partial charge on any atom is -0.478 e.